The van der Waals surface area contributed by atoms with Gasteiger partial charge in [0.25, 0.3) is 0 Å². The summed E-state index contributed by atoms with van der Waals surface area (Å²) in [7, 11) is -3.75. The van der Waals surface area contributed by atoms with Gasteiger partial charge in [0.05, 0.1) is 8.80 Å². The minimum atomic E-state index is -2.15. The molecule has 0 spiro atoms. The maximum Gasteiger partial charge on any atom is 0.331 e. The van der Waals surface area contributed by atoms with Gasteiger partial charge in [0, 0.05) is 0 Å². The van der Waals surface area contributed by atoms with E-state index in [1.54, 1.807) is 0 Å². The van der Waals surface area contributed by atoms with Crippen molar-refractivity contribution in [2.75, 3.05) is 0 Å². The highest BCUT2D eigenvalue weighted by Gasteiger charge is 2.56. The second-order valence-electron chi connectivity index (χ2n) is 9.20. The lowest BCUT2D eigenvalue weighted by Gasteiger charge is -2.51. The van der Waals surface area contributed by atoms with Crippen LogP contribution >= 0.6 is 0 Å². The highest BCUT2D eigenvalue weighted by atomic mass is 28.4. The Bertz CT molecular complexity index is 378. The Labute approximate surface area is 134 Å². The molecule has 0 fully saturated rings. The predicted octanol–water partition coefficient (Wildman–Crippen LogP) is 4.54. The van der Waals surface area contributed by atoms with Gasteiger partial charge in [-0.2, -0.15) is 0 Å². The maximum absolute atomic E-state index is 12.3. The van der Waals surface area contributed by atoms with Gasteiger partial charge in [-0.3, -0.25) is 0 Å². The van der Waals surface area contributed by atoms with Crippen molar-refractivity contribution in [3.8, 4) is 0 Å². The number of hydrogen-bond acceptors (Lipinski definition) is 2. The number of carboxylic acids is 1. The minimum absolute atomic E-state index is 0.00853. The zero-order valence-electron chi connectivity index (χ0n) is 15.9. The lowest BCUT2D eigenvalue weighted by Crippen LogP contribution is -2.65. The van der Waals surface area contributed by atoms with Gasteiger partial charge in [-0.1, -0.05) is 61.6 Å². The van der Waals surface area contributed by atoms with E-state index in [1.807, 2.05) is 6.92 Å². The molecule has 21 heavy (non-hydrogen) atoms. The number of carboxylic acid groups (broad SMARTS) is 1. The summed E-state index contributed by atoms with van der Waals surface area (Å²) in [5.74, 6) is -0.792. The first kappa shape index (κ1) is 20.9. The average molecular weight is 333 g/mol. The zero-order valence-corrected chi connectivity index (χ0v) is 18.1. The third kappa shape index (κ3) is 4.20. The quantitative estimate of drug-likeness (QED) is 0.752. The normalized spacial score (nSPS) is 18.5. The van der Waals surface area contributed by atoms with Crippen molar-refractivity contribution in [3.63, 3.8) is 0 Å². The van der Waals surface area contributed by atoms with Crippen LogP contribution in [0.2, 0.25) is 31.2 Å². The molecule has 0 aromatic carbocycles. The molecule has 5 heteroatoms. The molecule has 0 heterocycles. The lowest BCUT2D eigenvalue weighted by atomic mass is 9.78. The number of hydrogen-bond donors (Lipinski definition) is 1. The second-order valence-corrected chi connectivity index (χ2v) is 17.1. The van der Waals surface area contributed by atoms with Crippen LogP contribution in [0.25, 0.3) is 0 Å². The Balaban J connectivity index is 6.03. The summed E-state index contributed by atoms with van der Waals surface area (Å²) in [4.78, 5) is 12.3. The Kier molecular flexibility index (Phi) is 6.12. The maximum atomic E-state index is 12.3. The molecule has 0 aliphatic carbocycles. The highest BCUT2D eigenvalue weighted by molar-refractivity contribution is 6.76. The summed E-state index contributed by atoms with van der Waals surface area (Å²) in [6.07, 6.45) is 0. The topological polar surface area (TPSA) is 46.5 Å². The van der Waals surface area contributed by atoms with Gasteiger partial charge in [-0.15, -0.1) is 0 Å². The van der Waals surface area contributed by atoms with Crippen LogP contribution in [-0.4, -0.2) is 33.4 Å². The minimum Gasteiger partial charge on any atom is -0.479 e. The van der Waals surface area contributed by atoms with Crippen LogP contribution in [0.15, 0.2) is 0 Å². The van der Waals surface area contributed by atoms with E-state index in [0.29, 0.717) is 0 Å². The summed E-state index contributed by atoms with van der Waals surface area (Å²) in [5.41, 5.74) is -0.0992. The van der Waals surface area contributed by atoms with Crippen LogP contribution in [-0.2, 0) is 9.22 Å². The van der Waals surface area contributed by atoms with Gasteiger partial charge >= 0.3 is 5.97 Å². The lowest BCUT2D eigenvalue weighted by molar-refractivity contribution is -0.156. The fraction of sp³-hybridized carbons (Fsp3) is 0.938. The molecule has 0 aliphatic heterocycles. The highest BCUT2D eigenvalue weighted by Crippen LogP contribution is 2.45. The van der Waals surface area contributed by atoms with Crippen LogP contribution in [0.1, 0.15) is 48.5 Å². The van der Waals surface area contributed by atoms with E-state index in [4.69, 9.17) is 4.43 Å². The smallest absolute Gasteiger partial charge is 0.331 e. The molecule has 0 bridgehead atoms. The SMILES string of the molecule is CC(C(C)(C)C)[C@](O[Si](C)(C)C(C)(C)C)(C(=O)O)[SiH](C)C. The molecule has 2 atom stereocenters. The van der Waals surface area contributed by atoms with E-state index in [2.05, 4.69) is 67.7 Å². The molecule has 1 N–H and O–H groups in total. The van der Waals surface area contributed by atoms with E-state index < -0.39 is 28.3 Å². The summed E-state index contributed by atoms with van der Waals surface area (Å²) in [6.45, 7) is 23.4. The van der Waals surface area contributed by atoms with Crippen molar-refractivity contribution in [1.29, 1.82) is 0 Å². The molecule has 0 aromatic heterocycles. The summed E-state index contributed by atoms with van der Waals surface area (Å²) < 4.78 is 6.60. The van der Waals surface area contributed by atoms with E-state index >= 15 is 0 Å². The molecule has 1 unspecified atom stereocenters. The van der Waals surface area contributed by atoms with E-state index in [-0.39, 0.29) is 16.4 Å². The van der Waals surface area contributed by atoms with Crippen molar-refractivity contribution >= 4 is 23.1 Å². The predicted molar refractivity (Wildman–Crippen MR) is 96.1 cm³/mol. The van der Waals surface area contributed by atoms with Gasteiger partial charge in [-0.05, 0) is 29.5 Å². The van der Waals surface area contributed by atoms with Gasteiger partial charge < -0.3 is 9.53 Å². The Morgan fingerprint density at radius 1 is 1.10 bits per heavy atom. The van der Waals surface area contributed by atoms with Crippen LogP contribution in [0.5, 0.6) is 0 Å². The standard InChI is InChI=1S/C16H36O3Si2/c1-12(14(2,3)4)16(13(17)18,20(8)9)19-21(10,11)15(5,6)7/h12,20H,1-11H3,(H,17,18)/t12?,16-/m1/s1. The van der Waals surface area contributed by atoms with Crippen LogP contribution in [0.3, 0.4) is 0 Å². The van der Waals surface area contributed by atoms with Gasteiger partial charge in [0.15, 0.2) is 8.32 Å². The van der Waals surface area contributed by atoms with E-state index in [9.17, 15) is 9.90 Å². The first-order chi connectivity index (χ1) is 9.00. The Morgan fingerprint density at radius 2 is 1.48 bits per heavy atom. The first-order valence-corrected chi connectivity index (χ1v) is 13.7. The third-order valence-corrected chi connectivity index (χ3v) is 12.6. The molecule has 0 aromatic rings. The van der Waals surface area contributed by atoms with Crippen LogP contribution < -0.4 is 0 Å². The van der Waals surface area contributed by atoms with E-state index in [1.165, 1.54) is 0 Å². The summed E-state index contributed by atoms with van der Waals surface area (Å²) in [5, 5.41) is 9.10. The Morgan fingerprint density at radius 3 is 1.67 bits per heavy atom. The van der Waals surface area contributed by atoms with Crippen LogP contribution in [0, 0.1) is 11.3 Å². The average Bonchev–Trinajstić information content (AvgIpc) is 2.20. The summed E-state index contributed by atoms with van der Waals surface area (Å²) in [6, 6.07) is 0. The molecule has 0 amide bonds. The molecular weight excluding hydrogens is 296 g/mol. The molecule has 0 radical (unpaired) electrons. The van der Waals surface area contributed by atoms with Gasteiger partial charge in [0.1, 0.15) is 5.22 Å². The molecular formula is C16H36O3Si2. The molecule has 0 saturated carbocycles. The van der Waals surface area contributed by atoms with E-state index in [0.717, 1.165) is 0 Å². The van der Waals surface area contributed by atoms with Crippen molar-refractivity contribution in [2.24, 2.45) is 11.3 Å². The van der Waals surface area contributed by atoms with Gasteiger partial charge in [0.2, 0.25) is 0 Å². The second kappa shape index (κ2) is 6.16. The summed E-state index contributed by atoms with van der Waals surface area (Å²) >= 11 is 0. The van der Waals surface area contributed by atoms with Crippen molar-refractivity contribution in [1.82, 2.24) is 0 Å². The number of carbonyl (C=O) groups is 1. The zero-order chi connectivity index (χ0) is 17.4. The third-order valence-electron chi connectivity index (χ3n) is 5.36. The monoisotopic (exact) mass is 332 g/mol. The number of aliphatic carboxylic acids is 1. The largest absolute Gasteiger partial charge is 0.479 e. The number of rotatable bonds is 5. The Hall–Kier alpha value is -0.136. The molecule has 0 rings (SSSR count). The molecule has 0 saturated heterocycles. The van der Waals surface area contributed by atoms with Gasteiger partial charge in [-0.25, -0.2) is 4.79 Å². The molecule has 126 valence electrons. The van der Waals surface area contributed by atoms with Crippen molar-refractivity contribution in [2.45, 2.75) is 84.9 Å². The molecule has 3 nitrogen and oxygen atoms in total. The first-order valence-electron chi connectivity index (χ1n) is 7.93. The fourth-order valence-corrected chi connectivity index (χ4v) is 7.64. The van der Waals surface area contributed by atoms with Crippen LogP contribution in [0.4, 0.5) is 0 Å². The fourth-order valence-electron chi connectivity index (χ4n) is 2.40. The van der Waals surface area contributed by atoms with Crippen molar-refractivity contribution in [3.05, 3.63) is 0 Å². The molecule has 0 aliphatic rings. The van der Waals surface area contributed by atoms with Crippen molar-refractivity contribution < 1.29 is 14.3 Å².